The van der Waals surface area contributed by atoms with Gasteiger partial charge >= 0.3 is 5.97 Å². The van der Waals surface area contributed by atoms with Gasteiger partial charge in [0.1, 0.15) is 5.75 Å². The Bertz CT molecular complexity index is 606. The van der Waals surface area contributed by atoms with Crippen molar-refractivity contribution in [1.29, 1.82) is 0 Å². The van der Waals surface area contributed by atoms with E-state index in [-0.39, 0.29) is 5.97 Å². The molecular formula is C16H17NO3. The minimum absolute atomic E-state index is 0.339. The van der Waals surface area contributed by atoms with E-state index in [1.165, 1.54) is 7.11 Å². The van der Waals surface area contributed by atoms with Gasteiger partial charge in [-0.05, 0) is 43.3 Å². The lowest BCUT2D eigenvalue weighted by Crippen LogP contribution is -2.01. The number of hydrogen-bond donors (Lipinski definition) is 1. The lowest BCUT2D eigenvalue weighted by atomic mass is 10.1. The van der Waals surface area contributed by atoms with Crippen LogP contribution < -0.4 is 10.1 Å². The summed E-state index contributed by atoms with van der Waals surface area (Å²) in [6.45, 7) is 1.99. The molecule has 0 atom stereocenters. The number of rotatable bonds is 4. The van der Waals surface area contributed by atoms with Gasteiger partial charge in [-0.25, -0.2) is 4.79 Å². The fraction of sp³-hybridized carbons (Fsp3) is 0.188. The van der Waals surface area contributed by atoms with Crippen molar-refractivity contribution >= 4 is 17.3 Å². The largest absolute Gasteiger partial charge is 0.496 e. The highest BCUT2D eigenvalue weighted by molar-refractivity contribution is 5.89. The molecule has 2 aromatic rings. The van der Waals surface area contributed by atoms with Gasteiger partial charge in [0.15, 0.2) is 0 Å². The zero-order valence-electron chi connectivity index (χ0n) is 11.8. The molecule has 2 aromatic carbocycles. The van der Waals surface area contributed by atoms with Crippen molar-refractivity contribution in [1.82, 2.24) is 0 Å². The summed E-state index contributed by atoms with van der Waals surface area (Å²) in [5, 5.41) is 3.30. The maximum Gasteiger partial charge on any atom is 0.337 e. The predicted octanol–water partition coefficient (Wildman–Crippen LogP) is 3.53. The second-order valence-corrected chi connectivity index (χ2v) is 4.33. The van der Waals surface area contributed by atoms with Gasteiger partial charge in [-0.2, -0.15) is 0 Å². The van der Waals surface area contributed by atoms with Crippen LogP contribution in [0.5, 0.6) is 5.75 Å². The zero-order chi connectivity index (χ0) is 14.5. The van der Waals surface area contributed by atoms with Gasteiger partial charge in [-0.1, -0.05) is 6.07 Å². The molecule has 2 rings (SSSR count). The molecule has 0 aliphatic rings. The average molecular weight is 271 g/mol. The number of benzene rings is 2. The first-order valence-electron chi connectivity index (χ1n) is 6.24. The topological polar surface area (TPSA) is 47.6 Å². The highest BCUT2D eigenvalue weighted by atomic mass is 16.5. The molecule has 4 nitrogen and oxygen atoms in total. The molecule has 0 heterocycles. The third-order valence-corrected chi connectivity index (χ3v) is 3.09. The minimum Gasteiger partial charge on any atom is -0.496 e. The summed E-state index contributed by atoms with van der Waals surface area (Å²) in [6.07, 6.45) is 0. The van der Waals surface area contributed by atoms with E-state index in [2.05, 4.69) is 10.1 Å². The van der Waals surface area contributed by atoms with E-state index in [9.17, 15) is 4.79 Å². The summed E-state index contributed by atoms with van der Waals surface area (Å²) in [5.41, 5.74) is 3.43. The van der Waals surface area contributed by atoms with Crippen molar-refractivity contribution in [3.63, 3.8) is 0 Å². The quantitative estimate of drug-likeness (QED) is 0.864. The first kappa shape index (κ1) is 13.9. The third kappa shape index (κ3) is 2.91. The highest BCUT2D eigenvalue weighted by Crippen LogP contribution is 2.27. The van der Waals surface area contributed by atoms with Crippen molar-refractivity contribution in [3.8, 4) is 5.75 Å². The Morgan fingerprint density at radius 3 is 2.35 bits per heavy atom. The SMILES string of the molecule is COC(=O)c1ccc(Nc2cccc(OC)c2C)cc1. The monoisotopic (exact) mass is 271 g/mol. The summed E-state index contributed by atoms with van der Waals surface area (Å²) >= 11 is 0. The van der Waals surface area contributed by atoms with Gasteiger partial charge in [-0.15, -0.1) is 0 Å². The molecule has 0 aliphatic carbocycles. The molecule has 1 N–H and O–H groups in total. The summed E-state index contributed by atoms with van der Waals surface area (Å²) < 4.78 is 9.96. The second-order valence-electron chi connectivity index (χ2n) is 4.33. The number of ether oxygens (including phenoxy) is 2. The predicted molar refractivity (Wildman–Crippen MR) is 78.8 cm³/mol. The smallest absolute Gasteiger partial charge is 0.337 e. The van der Waals surface area contributed by atoms with Crippen LogP contribution in [-0.2, 0) is 4.74 Å². The van der Waals surface area contributed by atoms with Gasteiger partial charge < -0.3 is 14.8 Å². The van der Waals surface area contributed by atoms with Crippen molar-refractivity contribution < 1.29 is 14.3 Å². The third-order valence-electron chi connectivity index (χ3n) is 3.09. The molecule has 0 bridgehead atoms. The van der Waals surface area contributed by atoms with Crippen molar-refractivity contribution in [3.05, 3.63) is 53.6 Å². The highest BCUT2D eigenvalue weighted by Gasteiger charge is 2.06. The van der Waals surface area contributed by atoms with E-state index in [0.717, 1.165) is 22.7 Å². The zero-order valence-corrected chi connectivity index (χ0v) is 11.8. The summed E-state index contributed by atoms with van der Waals surface area (Å²) in [5.74, 6) is 0.496. The van der Waals surface area contributed by atoms with E-state index in [1.807, 2.05) is 37.3 Å². The van der Waals surface area contributed by atoms with Gasteiger partial charge in [0.25, 0.3) is 0 Å². The molecule has 0 radical (unpaired) electrons. The molecule has 0 aromatic heterocycles. The minimum atomic E-state index is -0.339. The van der Waals surface area contributed by atoms with Gasteiger partial charge in [-0.3, -0.25) is 0 Å². The van der Waals surface area contributed by atoms with Gasteiger partial charge in [0.05, 0.1) is 19.8 Å². The van der Waals surface area contributed by atoms with Gasteiger partial charge in [0, 0.05) is 16.9 Å². The normalized spacial score (nSPS) is 9.95. The Kier molecular flexibility index (Phi) is 4.25. The van der Waals surface area contributed by atoms with Crippen LogP contribution >= 0.6 is 0 Å². The van der Waals surface area contributed by atoms with E-state index >= 15 is 0 Å². The molecule has 0 fully saturated rings. The Morgan fingerprint density at radius 2 is 1.75 bits per heavy atom. The first-order chi connectivity index (χ1) is 9.65. The number of anilines is 2. The number of methoxy groups -OCH3 is 2. The van der Waals surface area contributed by atoms with E-state index in [4.69, 9.17) is 4.74 Å². The number of carbonyl (C=O) groups is 1. The number of carbonyl (C=O) groups excluding carboxylic acids is 1. The van der Waals surface area contributed by atoms with Crippen LogP contribution in [-0.4, -0.2) is 20.2 Å². The molecule has 0 saturated heterocycles. The molecule has 0 amide bonds. The fourth-order valence-corrected chi connectivity index (χ4v) is 1.93. The lowest BCUT2D eigenvalue weighted by molar-refractivity contribution is 0.0601. The Balaban J connectivity index is 2.20. The van der Waals surface area contributed by atoms with Crippen molar-refractivity contribution in [2.24, 2.45) is 0 Å². The van der Waals surface area contributed by atoms with E-state index in [0.29, 0.717) is 5.56 Å². The Hall–Kier alpha value is -2.49. The molecule has 104 valence electrons. The maximum absolute atomic E-state index is 11.4. The average Bonchev–Trinajstić information content (AvgIpc) is 2.49. The molecule has 0 aliphatic heterocycles. The fourth-order valence-electron chi connectivity index (χ4n) is 1.93. The van der Waals surface area contributed by atoms with Crippen LogP contribution in [0.25, 0.3) is 0 Å². The van der Waals surface area contributed by atoms with E-state index in [1.54, 1.807) is 19.2 Å². The Labute approximate surface area is 118 Å². The number of hydrogen-bond acceptors (Lipinski definition) is 4. The van der Waals surface area contributed by atoms with Gasteiger partial charge in [0.2, 0.25) is 0 Å². The molecule has 0 spiro atoms. The maximum atomic E-state index is 11.4. The van der Waals surface area contributed by atoms with Crippen LogP contribution in [0.2, 0.25) is 0 Å². The summed E-state index contributed by atoms with van der Waals surface area (Å²) in [4.78, 5) is 11.4. The number of esters is 1. The van der Waals surface area contributed by atoms with Crippen LogP contribution in [0, 0.1) is 6.92 Å². The van der Waals surface area contributed by atoms with Crippen molar-refractivity contribution in [2.75, 3.05) is 19.5 Å². The molecule has 0 unspecified atom stereocenters. The first-order valence-corrected chi connectivity index (χ1v) is 6.24. The molecule has 0 saturated carbocycles. The van der Waals surface area contributed by atoms with Crippen molar-refractivity contribution in [2.45, 2.75) is 6.92 Å². The molecular weight excluding hydrogens is 254 g/mol. The van der Waals surface area contributed by atoms with Crippen LogP contribution in [0.15, 0.2) is 42.5 Å². The molecule has 4 heteroatoms. The van der Waals surface area contributed by atoms with Crippen LogP contribution in [0.1, 0.15) is 15.9 Å². The molecule has 20 heavy (non-hydrogen) atoms. The van der Waals surface area contributed by atoms with Crippen LogP contribution in [0.3, 0.4) is 0 Å². The number of nitrogens with one attached hydrogen (secondary N) is 1. The lowest BCUT2D eigenvalue weighted by Gasteiger charge is -2.12. The van der Waals surface area contributed by atoms with E-state index < -0.39 is 0 Å². The summed E-state index contributed by atoms with van der Waals surface area (Å²) in [6, 6.07) is 13.0. The van der Waals surface area contributed by atoms with Crippen LogP contribution in [0.4, 0.5) is 11.4 Å². The standard InChI is InChI=1S/C16H17NO3/c1-11-14(5-4-6-15(11)19-2)17-13-9-7-12(8-10-13)16(18)20-3/h4-10,17H,1-3H3. The Morgan fingerprint density at radius 1 is 1.05 bits per heavy atom. The summed E-state index contributed by atoms with van der Waals surface area (Å²) in [7, 11) is 3.02. The second kappa shape index (κ2) is 6.10.